The van der Waals surface area contributed by atoms with E-state index >= 15 is 0 Å². The van der Waals surface area contributed by atoms with Crippen molar-refractivity contribution in [1.82, 2.24) is 19.9 Å². The number of urea groups is 1. The van der Waals surface area contributed by atoms with Gasteiger partial charge in [0.15, 0.2) is 5.82 Å². The van der Waals surface area contributed by atoms with Crippen LogP contribution in [0, 0.1) is 0 Å². The van der Waals surface area contributed by atoms with Gasteiger partial charge in [0.1, 0.15) is 0 Å². The number of piperidine rings is 1. The SMILES string of the molecule is C=C/C=N\C=C(/C)c1nc(C2CC(c3ccc(C(F)(F)F)cc3)CN(C(=O)N3CCOCC3)C2)no1. The highest BCUT2D eigenvalue weighted by Crippen LogP contribution is 2.37. The predicted octanol–water partition coefficient (Wildman–Crippen LogP) is 4.73. The van der Waals surface area contributed by atoms with Gasteiger partial charge in [-0.2, -0.15) is 18.2 Å². The number of hydrogen-bond donors (Lipinski definition) is 0. The quantitative estimate of drug-likeness (QED) is 0.551. The van der Waals surface area contributed by atoms with Gasteiger partial charge in [-0.05, 0) is 31.0 Å². The molecule has 0 bridgehead atoms. The van der Waals surface area contributed by atoms with Crippen molar-refractivity contribution in [2.24, 2.45) is 4.99 Å². The fourth-order valence-corrected chi connectivity index (χ4v) is 4.41. The normalized spacial score (nSPS) is 21.7. The van der Waals surface area contributed by atoms with Crippen molar-refractivity contribution in [3.63, 3.8) is 0 Å². The number of morpholine rings is 1. The number of alkyl halides is 3. The Hall–Kier alpha value is -3.47. The minimum absolute atomic E-state index is 0.126. The molecule has 2 saturated heterocycles. The molecular formula is C25H28F3N5O3. The molecule has 2 aliphatic rings. The van der Waals surface area contributed by atoms with Crippen molar-refractivity contribution in [3.05, 3.63) is 66.0 Å². The third kappa shape index (κ3) is 6.01. The van der Waals surface area contributed by atoms with E-state index in [2.05, 4.69) is 21.7 Å². The fourth-order valence-electron chi connectivity index (χ4n) is 4.41. The zero-order valence-electron chi connectivity index (χ0n) is 19.9. The zero-order valence-corrected chi connectivity index (χ0v) is 19.9. The van der Waals surface area contributed by atoms with Crippen molar-refractivity contribution in [3.8, 4) is 0 Å². The lowest BCUT2D eigenvalue weighted by atomic mass is 9.84. The third-order valence-electron chi connectivity index (χ3n) is 6.32. The van der Waals surface area contributed by atoms with Crippen molar-refractivity contribution in [2.75, 3.05) is 39.4 Å². The Bertz CT molecular complexity index is 1120. The number of rotatable bonds is 5. The first kappa shape index (κ1) is 25.6. The molecule has 192 valence electrons. The molecule has 0 N–H and O–H groups in total. The summed E-state index contributed by atoms with van der Waals surface area (Å²) in [5.41, 5.74) is 0.693. The van der Waals surface area contributed by atoms with Crippen molar-refractivity contribution in [2.45, 2.75) is 31.4 Å². The molecule has 2 amide bonds. The monoisotopic (exact) mass is 503 g/mol. The molecule has 2 aliphatic heterocycles. The van der Waals surface area contributed by atoms with E-state index in [0.717, 1.165) is 17.7 Å². The summed E-state index contributed by atoms with van der Waals surface area (Å²) in [6, 6.07) is 5.01. The first-order valence-electron chi connectivity index (χ1n) is 11.7. The number of hydrogen-bond acceptors (Lipinski definition) is 6. The summed E-state index contributed by atoms with van der Waals surface area (Å²) in [7, 11) is 0. The number of halogens is 3. The van der Waals surface area contributed by atoms with Crippen LogP contribution in [0.4, 0.5) is 18.0 Å². The number of nitrogens with zero attached hydrogens (tertiary/aromatic N) is 5. The topological polar surface area (TPSA) is 84.1 Å². The van der Waals surface area contributed by atoms with Gasteiger partial charge in [-0.3, -0.25) is 4.99 Å². The molecule has 4 rings (SSSR count). The molecule has 2 aromatic rings. The molecule has 2 unspecified atom stereocenters. The Labute approximate surface area is 207 Å². The number of likely N-dealkylation sites (tertiary alicyclic amines) is 1. The highest BCUT2D eigenvalue weighted by atomic mass is 19.4. The molecule has 8 nitrogen and oxygen atoms in total. The fraction of sp³-hybridized carbons (Fsp3) is 0.440. The van der Waals surface area contributed by atoms with Crippen LogP contribution in [-0.4, -0.2) is 71.6 Å². The van der Waals surface area contributed by atoms with Gasteiger partial charge < -0.3 is 19.1 Å². The first-order chi connectivity index (χ1) is 17.3. The molecule has 2 fully saturated rings. The van der Waals surface area contributed by atoms with Crippen LogP contribution in [0.1, 0.15) is 48.0 Å². The Morgan fingerprint density at radius 3 is 2.50 bits per heavy atom. The highest BCUT2D eigenvalue weighted by Gasteiger charge is 2.37. The molecular weight excluding hydrogens is 475 g/mol. The van der Waals surface area contributed by atoms with E-state index in [1.54, 1.807) is 29.0 Å². The van der Waals surface area contributed by atoms with E-state index in [0.29, 0.717) is 63.1 Å². The number of ether oxygens (including phenoxy) is 1. The van der Waals surface area contributed by atoms with E-state index in [1.165, 1.54) is 18.3 Å². The molecule has 36 heavy (non-hydrogen) atoms. The summed E-state index contributed by atoms with van der Waals surface area (Å²) >= 11 is 0. The number of aliphatic imine (C=N–C) groups is 1. The van der Waals surface area contributed by atoms with Crippen LogP contribution in [-0.2, 0) is 10.9 Å². The van der Waals surface area contributed by atoms with Crippen LogP contribution >= 0.6 is 0 Å². The Morgan fingerprint density at radius 1 is 1.14 bits per heavy atom. The predicted molar refractivity (Wildman–Crippen MR) is 128 cm³/mol. The van der Waals surface area contributed by atoms with Gasteiger partial charge in [0.25, 0.3) is 5.89 Å². The van der Waals surface area contributed by atoms with Gasteiger partial charge >= 0.3 is 12.2 Å². The van der Waals surface area contributed by atoms with Crippen LogP contribution in [0.2, 0.25) is 0 Å². The number of benzene rings is 1. The molecule has 1 aromatic heterocycles. The smallest absolute Gasteiger partial charge is 0.378 e. The lowest BCUT2D eigenvalue weighted by molar-refractivity contribution is -0.137. The standard InChI is InChI=1S/C25H28F3N5O3/c1-3-8-29-14-17(2)23-30-22(31-36-23)20-13-19(18-4-6-21(7-5-18)25(26,27)28)15-33(16-20)24(34)32-9-11-35-12-10-32/h3-8,14,19-20H,1,9-13,15-16H2,2H3/b17-14+,29-8-. The molecule has 0 saturated carbocycles. The lowest BCUT2D eigenvalue weighted by Crippen LogP contribution is -2.52. The van der Waals surface area contributed by atoms with Crippen LogP contribution < -0.4 is 0 Å². The highest BCUT2D eigenvalue weighted by molar-refractivity contribution is 5.75. The molecule has 11 heteroatoms. The number of carbonyl (C=O) groups is 1. The average molecular weight is 504 g/mol. The molecule has 1 aromatic carbocycles. The molecule has 2 atom stereocenters. The number of allylic oxidation sites excluding steroid dienone is 2. The van der Waals surface area contributed by atoms with Gasteiger partial charge in [0.05, 0.1) is 18.8 Å². The Kier molecular flexibility index (Phi) is 7.88. The summed E-state index contributed by atoms with van der Waals surface area (Å²) in [4.78, 5) is 25.4. The summed E-state index contributed by atoms with van der Waals surface area (Å²) in [5.74, 6) is 0.320. The Balaban J connectivity index is 1.59. The van der Waals surface area contributed by atoms with Gasteiger partial charge in [-0.15, -0.1) is 0 Å². The maximum atomic E-state index is 13.3. The first-order valence-corrected chi connectivity index (χ1v) is 11.7. The summed E-state index contributed by atoms with van der Waals surface area (Å²) in [5, 5.41) is 4.15. The summed E-state index contributed by atoms with van der Waals surface area (Å²) in [6.07, 6.45) is 0.819. The minimum Gasteiger partial charge on any atom is -0.378 e. The lowest BCUT2D eigenvalue weighted by Gasteiger charge is -2.40. The Morgan fingerprint density at radius 2 is 1.83 bits per heavy atom. The average Bonchev–Trinajstić information content (AvgIpc) is 3.39. The maximum Gasteiger partial charge on any atom is 0.416 e. The summed E-state index contributed by atoms with van der Waals surface area (Å²) < 4.78 is 50.0. The zero-order chi connectivity index (χ0) is 25.7. The molecule has 0 spiro atoms. The van der Waals surface area contributed by atoms with Crippen molar-refractivity contribution < 1.29 is 27.2 Å². The second-order valence-corrected chi connectivity index (χ2v) is 8.84. The largest absolute Gasteiger partial charge is 0.416 e. The van der Waals surface area contributed by atoms with Crippen molar-refractivity contribution >= 4 is 17.8 Å². The van der Waals surface area contributed by atoms with Gasteiger partial charge in [0.2, 0.25) is 0 Å². The van der Waals surface area contributed by atoms with E-state index in [9.17, 15) is 18.0 Å². The number of carbonyl (C=O) groups excluding carboxylic acids is 1. The number of aromatic nitrogens is 2. The van der Waals surface area contributed by atoms with Crippen molar-refractivity contribution in [1.29, 1.82) is 0 Å². The third-order valence-corrected chi connectivity index (χ3v) is 6.32. The second kappa shape index (κ2) is 11.1. The van der Waals surface area contributed by atoms with Gasteiger partial charge in [0, 0.05) is 56.0 Å². The van der Waals surface area contributed by atoms with Crippen LogP contribution in [0.5, 0.6) is 0 Å². The molecule has 3 heterocycles. The van der Waals surface area contributed by atoms with Gasteiger partial charge in [-0.25, -0.2) is 4.79 Å². The van der Waals surface area contributed by atoms with Crippen LogP contribution in [0.3, 0.4) is 0 Å². The van der Waals surface area contributed by atoms with E-state index in [1.807, 2.05) is 0 Å². The second-order valence-electron chi connectivity index (χ2n) is 8.84. The van der Waals surface area contributed by atoms with E-state index in [4.69, 9.17) is 9.26 Å². The van der Waals surface area contributed by atoms with Crippen LogP contribution in [0.15, 0.2) is 52.6 Å². The summed E-state index contributed by atoms with van der Waals surface area (Å²) in [6.45, 7) is 8.05. The maximum absolute atomic E-state index is 13.3. The molecule has 0 radical (unpaired) electrons. The van der Waals surface area contributed by atoms with Crippen LogP contribution in [0.25, 0.3) is 5.57 Å². The minimum atomic E-state index is -4.41. The number of amides is 2. The van der Waals surface area contributed by atoms with E-state index in [-0.39, 0.29) is 17.9 Å². The van der Waals surface area contributed by atoms with E-state index < -0.39 is 11.7 Å². The molecule has 0 aliphatic carbocycles. The van der Waals surface area contributed by atoms with Gasteiger partial charge in [-0.1, -0.05) is 29.9 Å².